The highest BCUT2D eigenvalue weighted by atomic mass is 35.5. The van der Waals surface area contributed by atoms with Crippen LogP contribution in [0.1, 0.15) is 17.3 Å². The van der Waals surface area contributed by atoms with Crippen molar-refractivity contribution in [3.8, 4) is 0 Å². The van der Waals surface area contributed by atoms with Gasteiger partial charge in [0.05, 0.1) is 5.56 Å². The van der Waals surface area contributed by atoms with E-state index in [1.54, 1.807) is 11.9 Å². The summed E-state index contributed by atoms with van der Waals surface area (Å²) in [5.74, 6) is 0.0281. The van der Waals surface area contributed by atoms with Crippen molar-refractivity contribution in [2.24, 2.45) is 7.05 Å². The van der Waals surface area contributed by atoms with Crippen molar-refractivity contribution in [1.82, 2.24) is 9.47 Å². The average molecular weight is 251 g/mol. The SMILES string of the molecule is CCN(C)C(=O)c1cn(C)c2ccc(Cl)cc12. The van der Waals surface area contributed by atoms with E-state index in [2.05, 4.69) is 0 Å². The van der Waals surface area contributed by atoms with Crippen molar-refractivity contribution in [3.63, 3.8) is 0 Å². The molecule has 0 N–H and O–H groups in total. The van der Waals surface area contributed by atoms with Gasteiger partial charge in [-0.3, -0.25) is 4.79 Å². The molecule has 90 valence electrons. The lowest BCUT2D eigenvalue weighted by molar-refractivity contribution is 0.0804. The second-order valence-electron chi connectivity index (χ2n) is 4.13. The number of hydrogen-bond acceptors (Lipinski definition) is 1. The minimum absolute atomic E-state index is 0.0281. The number of halogens is 1. The van der Waals surface area contributed by atoms with E-state index in [0.717, 1.165) is 10.9 Å². The van der Waals surface area contributed by atoms with Crippen LogP contribution in [0.2, 0.25) is 5.02 Å². The number of rotatable bonds is 2. The van der Waals surface area contributed by atoms with Crippen molar-refractivity contribution in [3.05, 3.63) is 35.0 Å². The first-order valence-electron chi connectivity index (χ1n) is 5.54. The fourth-order valence-electron chi connectivity index (χ4n) is 1.88. The fourth-order valence-corrected chi connectivity index (χ4v) is 2.06. The maximum atomic E-state index is 12.2. The van der Waals surface area contributed by atoms with Gasteiger partial charge in [-0.1, -0.05) is 11.6 Å². The number of aryl methyl sites for hydroxylation is 1. The molecule has 1 amide bonds. The molecule has 2 rings (SSSR count). The summed E-state index contributed by atoms with van der Waals surface area (Å²) in [5, 5.41) is 1.56. The molecule has 0 radical (unpaired) electrons. The van der Waals surface area contributed by atoms with Gasteiger partial charge in [-0.05, 0) is 25.1 Å². The molecule has 4 heteroatoms. The third-order valence-corrected chi connectivity index (χ3v) is 3.24. The number of fused-ring (bicyclic) bond motifs is 1. The Morgan fingerprint density at radius 3 is 2.82 bits per heavy atom. The molecule has 0 saturated heterocycles. The van der Waals surface area contributed by atoms with E-state index >= 15 is 0 Å². The number of aromatic nitrogens is 1. The zero-order chi connectivity index (χ0) is 12.6. The molecule has 0 bridgehead atoms. The number of hydrogen-bond donors (Lipinski definition) is 0. The number of carbonyl (C=O) groups excluding carboxylic acids is 1. The van der Waals surface area contributed by atoms with Crippen LogP contribution in [0.3, 0.4) is 0 Å². The topological polar surface area (TPSA) is 25.2 Å². The summed E-state index contributed by atoms with van der Waals surface area (Å²) in [6.07, 6.45) is 1.86. The van der Waals surface area contributed by atoms with Gasteiger partial charge < -0.3 is 9.47 Å². The molecule has 0 saturated carbocycles. The highest BCUT2D eigenvalue weighted by Gasteiger charge is 2.16. The van der Waals surface area contributed by atoms with Gasteiger partial charge in [-0.15, -0.1) is 0 Å². The molecule has 0 aliphatic rings. The fraction of sp³-hybridized carbons (Fsp3) is 0.308. The van der Waals surface area contributed by atoms with E-state index in [4.69, 9.17) is 11.6 Å². The zero-order valence-corrected chi connectivity index (χ0v) is 11.0. The van der Waals surface area contributed by atoms with Gasteiger partial charge in [0.25, 0.3) is 5.91 Å². The molecule has 0 unspecified atom stereocenters. The largest absolute Gasteiger partial charge is 0.350 e. The van der Waals surface area contributed by atoms with Crippen LogP contribution in [0, 0.1) is 0 Å². The van der Waals surface area contributed by atoms with Crippen LogP contribution < -0.4 is 0 Å². The maximum absolute atomic E-state index is 12.2. The number of benzene rings is 1. The van der Waals surface area contributed by atoms with Crippen molar-refractivity contribution in [1.29, 1.82) is 0 Å². The lowest BCUT2D eigenvalue weighted by Gasteiger charge is -2.13. The molecule has 0 spiro atoms. The van der Waals surface area contributed by atoms with E-state index in [-0.39, 0.29) is 5.91 Å². The molecule has 2 aromatic rings. The van der Waals surface area contributed by atoms with Crippen LogP contribution in [0.4, 0.5) is 0 Å². The van der Waals surface area contributed by atoms with Crippen molar-refractivity contribution in [2.75, 3.05) is 13.6 Å². The standard InChI is InChI=1S/C13H15ClN2O/c1-4-15(2)13(17)11-8-16(3)12-6-5-9(14)7-10(11)12/h5-8H,4H2,1-3H3. The van der Waals surface area contributed by atoms with Crippen LogP contribution in [0.5, 0.6) is 0 Å². The van der Waals surface area contributed by atoms with Gasteiger partial charge in [0.1, 0.15) is 0 Å². The smallest absolute Gasteiger partial charge is 0.255 e. The van der Waals surface area contributed by atoms with Crippen LogP contribution in [-0.4, -0.2) is 29.0 Å². The van der Waals surface area contributed by atoms with E-state index < -0.39 is 0 Å². The summed E-state index contributed by atoms with van der Waals surface area (Å²) in [6.45, 7) is 2.64. The molecule has 17 heavy (non-hydrogen) atoms. The maximum Gasteiger partial charge on any atom is 0.255 e. The quantitative estimate of drug-likeness (QED) is 0.805. The first-order valence-corrected chi connectivity index (χ1v) is 5.92. The predicted molar refractivity (Wildman–Crippen MR) is 70.6 cm³/mol. The van der Waals surface area contributed by atoms with Gasteiger partial charge in [-0.25, -0.2) is 0 Å². The Kier molecular flexibility index (Phi) is 3.11. The number of nitrogens with zero attached hydrogens (tertiary/aromatic N) is 2. The van der Waals surface area contributed by atoms with Gasteiger partial charge in [0.2, 0.25) is 0 Å². The third kappa shape index (κ3) is 2.03. The van der Waals surface area contributed by atoms with Crippen molar-refractivity contribution < 1.29 is 4.79 Å². The Morgan fingerprint density at radius 1 is 1.47 bits per heavy atom. The van der Waals surface area contributed by atoms with E-state index in [0.29, 0.717) is 17.1 Å². The molecule has 0 aliphatic carbocycles. The highest BCUT2D eigenvalue weighted by Crippen LogP contribution is 2.25. The predicted octanol–water partition coefficient (Wildman–Crippen LogP) is 2.92. The normalized spacial score (nSPS) is 10.8. The molecule has 0 aliphatic heterocycles. The molecular weight excluding hydrogens is 236 g/mol. The van der Waals surface area contributed by atoms with Crippen LogP contribution in [0.15, 0.2) is 24.4 Å². The Morgan fingerprint density at radius 2 is 2.18 bits per heavy atom. The van der Waals surface area contributed by atoms with Gasteiger partial charge >= 0.3 is 0 Å². The first kappa shape index (κ1) is 12.0. The summed E-state index contributed by atoms with van der Waals surface area (Å²) in [5.41, 5.74) is 1.72. The molecule has 3 nitrogen and oxygen atoms in total. The summed E-state index contributed by atoms with van der Waals surface area (Å²) in [6, 6.07) is 5.61. The van der Waals surface area contributed by atoms with Gasteiger partial charge in [0.15, 0.2) is 0 Å². The first-order chi connectivity index (χ1) is 8.04. The summed E-state index contributed by atoms with van der Waals surface area (Å²) >= 11 is 5.98. The molecule has 1 heterocycles. The van der Waals surface area contributed by atoms with Gasteiger partial charge in [0, 0.05) is 42.8 Å². The highest BCUT2D eigenvalue weighted by molar-refractivity contribution is 6.31. The third-order valence-electron chi connectivity index (χ3n) is 3.00. The van der Waals surface area contributed by atoms with E-state index in [9.17, 15) is 4.79 Å². The number of amides is 1. The lowest BCUT2D eigenvalue weighted by atomic mass is 10.1. The zero-order valence-electron chi connectivity index (χ0n) is 10.2. The Hall–Kier alpha value is -1.48. The molecule has 1 aromatic heterocycles. The Balaban J connectivity index is 2.62. The van der Waals surface area contributed by atoms with Gasteiger partial charge in [-0.2, -0.15) is 0 Å². The minimum atomic E-state index is 0.0281. The Bertz CT molecular complexity index is 574. The number of carbonyl (C=O) groups is 1. The molecule has 0 fully saturated rings. The second-order valence-corrected chi connectivity index (χ2v) is 4.57. The minimum Gasteiger partial charge on any atom is -0.350 e. The van der Waals surface area contributed by atoms with Crippen LogP contribution in [-0.2, 0) is 7.05 Å². The summed E-state index contributed by atoms with van der Waals surface area (Å²) < 4.78 is 1.95. The summed E-state index contributed by atoms with van der Waals surface area (Å²) in [7, 11) is 3.73. The van der Waals surface area contributed by atoms with Crippen molar-refractivity contribution in [2.45, 2.75) is 6.92 Å². The van der Waals surface area contributed by atoms with E-state index in [1.165, 1.54) is 0 Å². The average Bonchev–Trinajstić information content (AvgIpc) is 2.64. The Labute approximate surface area is 106 Å². The second kappa shape index (κ2) is 4.41. The monoisotopic (exact) mass is 250 g/mol. The lowest BCUT2D eigenvalue weighted by Crippen LogP contribution is -2.25. The molecule has 1 aromatic carbocycles. The molecule has 0 atom stereocenters. The van der Waals surface area contributed by atoms with Crippen LogP contribution in [0.25, 0.3) is 10.9 Å². The van der Waals surface area contributed by atoms with Crippen LogP contribution >= 0.6 is 11.6 Å². The van der Waals surface area contributed by atoms with Crippen molar-refractivity contribution >= 4 is 28.4 Å². The summed E-state index contributed by atoms with van der Waals surface area (Å²) in [4.78, 5) is 13.9. The van der Waals surface area contributed by atoms with E-state index in [1.807, 2.05) is 42.9 Å². The molecular formula is C13H15ClN2O.